The predicted octanol–water partition coefficient (Wildman–Crippen LogP) is 3.84. The Morgan fingerprint density at radius 1 is 1.00 bits per heavy atom. The highest BCUT2D eigenvalue weighted by Crippen LogP contribution is 2.28. The third kappa shape index (κ3) is 2.82. The first kappa shape index (κ1) is 14.5. The summed E-state index contributed by atoms with van der Waals surface area (Å²) in [5.74, 6) is 0.232. The minimum absolute atomic E-state index is 0.276. The van der Waals surface area contributed by atoms with Gasteiger partial charge in [0.1, 0.15) is 5.82 Å². The molecule has 104 valence electrons. The first-order valence-corrected chi connectivity index (χ1v) is 6.58. The van der Waals surface area contributed by atoms with Crippen LogP contribution in [0.15, 0.2) is 40.9 Å². The summed E-state index contributed by atoms with van der Waals surface area (Å²) in [6, 6.07) is 9.09. The van der Waals surface area contributed by atoms with E-state index in [1.807, 2.05) is 0 Å². The highest BCUT2D eigenvalue weighted by Gasteiger charge is 2.14. The van der Waals surface area contributed by atoms with Crippen LogP contribution in [0.5, 0.6) is 11.5 Å². The van der Waals surface area contributed by atoms with Gasteiger partial charge in [0, 0.05) is 11.1 Å². The maximum Gasteiger partial charge on any atom is 0.193 e. The molecule has 0 spiro atoms. The molecular weight excluding hydrogens is 327 g/mol. The zero-order chi connectivity index (χ0) is 14.7. The quantitative estimate of drug-likeness (QED) is 0.794. The van der Waals surface area contributed by atoms with Gasteiger partial charge in [-0.1, -0.05) is 0 Å². The van der Waals surface area contributed by atoms with Crippen molar-refractivity contribution in [2.24, 2.45) is 0 Å². The molecule has 3 nitrogen and oxygen atoms in total. The van der Waals surface area contributed by atoms with Gasteiger partial charge >= 0.3 is 0 Å². The van der Waals surface area contributed by atoms with E-state index in [1.54, 1.807) is 24.3 Å². The number of ketones is 1. The van der Waals surface area contributed by atoms with Crippen molar-refractivity contribution in [1.29, 1.82) is 0 Å². The van der Waals surface area contributed by atoms with E-state index in [-0.39, 0.29) is 11.3 Å². The molecule has 5 heteroatoms. The number of rotatable bonds is 4. The molecule has 0 saturated heterocycles. The lowest BCUT2D eigenvalue weighted by Gasteiger charge is -2.09. The topological polar surface area (TPSA) is 35.5 Å². The van der Waals surface area contributed by atoms with Gasteiger partial charge in [0.25, 0.3) is 0 Å². The molecule has 0 N–H and O–H groups in total. The Morgan fingerprint density at radius 2 is 1.60 bits per heavy atom. The number of hydrogen-bond acceptors (Lipinski definition) is 3. The van der Waals surface area contributed by atoms with Crippen molar-refractivity contribution in [2.45, 2.75) is 0 Å². The fraction of sp³-hybridized carbons (Fsp3) is 0.133. The molecule has 0 saturated carbocycles. The van der Waals surface area contributed by atoms with Gasteiger partial charge in [0.05, 0.1) is 18.7 Å². The molecule has 2 aromatic rings. The van der Waals surface area contributed by atoms with Crippen LogP contribution in [0.1, 0.15) is 15.9 Å². The van der Waals surface area contributed by atoms with E-state index in [2.05, 4.69) is 15.9 Å². The van der Waals surface area contributed by atoms with E-state index in [0.717, 1.165) is 0 Å². The standard InChI is InChI=1S/C15H12BrFO3/c1-19-13-6-4-10(8-14(13)20-2)15(18)9-3-5-11(16)12(17)7-9/h3-8H,1-2H3. The fourth-order valence-electron chi connectivity index (χ4n) is 1.78. The van der Waals surface area contributed by atoms with E-state index in [4.69, 9.17) is 9.47 Å². The lowest BCUT2D eigenvalue weighted by molar-refractivity contribution is 0.103. The summed E-state index contributed by atoms with van der Waals surface area (Å²) in [7, 11) is 3.01. The Labute approximate surface area is 124 Å². The summed E-state index contributed by atoms with van der Waals surface area (Å²) in [5.41, 5.74) is 0.683. The number of ether oxygens (including phenoxy) is 2. The van der Waals surface area contributed by atoms with Gasteiger partial charge in [-0.15, -0.1) is 0 Å². The lowest BCUT2D eigenvalue weighted by atomic mass is 10.0. The van der Waals surface area contributed by atoms with E-state index >= 15 is 0 Å². The zero-order valence-corrected chi connectivity index (χ0v) is 12.5. The largest absolute Gasteiger partial charge is 0.493 e. The highest BCUT2D eigenvalue weighted by molar-refractivity contribution is 9.10. The smallest absolute Gasteiger partial charge is 0.193 e. The minimum atomic E-state index is -0.476. The Morgan fingerprint density at radius 3 is 2.20 bits per heavy atom. The molecule has 0 radical (unpaired) electrons. The summed E-state index contributed by atoms with van der Waals surface area (Å²) >= 11 is 3.05. The van der Waals surface area contributed by atoms with Gasteiger partial charge in [0.15, 0.2) is 17.3 Å². The van der Waals surface area contributed by atoms with E-state index in [9.17, 15) is 9.18 Å². The summed E-state index contributed by atoms with van der Waals surface area (Å²) in [5, 5.41) is 0. The van der Waals surface area contributed by atoms with E-state index in [0.29, 0.717) is 21.5 Å². The fourth-order valence-corrected chi connectivity index (χ4v) is 2.03. The molecule has 2 rings (SSSR count). The van der Waals surface area contributed by atoms with Crippen LogP contribution in [0.2, 0.25) is 0 Å². The van der Waals surface area contributed by atoms with Gasteiger partial charge in [-0.05, 0) is 52.3 Å². The van der Waals surface area contributed by atoms with Crippen LogP contribution in [0.3, 0.4) is 0 Å². The maximum absolute atomic E-state index is 13.5. The predicted molar refractivity (Wildman–Crippen MR) is 77.1 cm³/mol. The van der Waals surface area contributed by atoms with Crippen LogP contribution in [-0.4, -0.2) is 20.0 Å². The van der Waals surface area contributed by atoms with Gasteiger partial charge in [-0.25, -0.2) is 4.39 Å². The summed E-state index contributed by atoms with van der Waals surface area (Å²) in [6.07, 6.45) is 0. The van der Waals surface area contributed by atoms with Crippen LogP contribution in [0.4, 0.5) is 4.39 Å². The van der Waals surface area contributed by atoms with Crippen molar-refractivity contribution in [2.75, 3.05) is 14.2 Å². The van der Waals surface area contributed by atoms with E-state index < -0.39 is 5.82 Å². The first-order chi connectivity index (χ1) is 9.56. The molecule has 0 aliphatic heterocycles. The molecule has 2 aromatic carbocycles. The van der Waals surface area contributed by atoms with Crippen LogP contribution in [-0.2, 0) is 0 Å². The molecule has 0 amide bonds. The summed E-state index contributed by atoms with van der Waals surface area (Å²) in [4.78, 5) is 12.3. The molecule has 0 atom stereocenters. The first-order valence-electron chi connectivity index (χ1n) is 5.78. The Hall–Kier alpha value is -1.88. The number of carbonyl (C=O) groups is 1. The Balaban J connectivity index is 2.40. The average molecular weight is 339 g/mol. The Kier molecular flexibility index (Phi) is 4.39. The molecule has 0 aliphatic carbocycles. The molecule has 0 unspecified atom stereocenters. The highest BCUT2D eigenvalue weighted by atomic mass is 79.9. The van der Waals surface area contributed by atoms with Crippen LogP contribution < -0.4 is 9.47 Å². The molecule has 0 aliphatic rings. The number of benzene rings is 2. The maximum atomic E-state index is 13.5. The van der Waals surface area contributed by atoms with Gasteiger partial charge in [-0.2, -0.15) is 0 Å². The van der Waals surface area contributed by atoms with Gasteiger partial charge < -0.3 is 9.47 Å². The third-order valence-electron chi connectivity index (χ3n) is 2.83. The molecular formula is C15H12BrFO3. The van der Waals surface area contributed by atoms with Crippen molar-refractivity contribution >= 4 is 21.7 Å². The monoisotopic (exact) mass is 338 g/mol. The number of carbonyl (C=O) groups excluding carboxylic acids is 1. The summed E-state index contributed by atoms with van der Waals surface area (Å²) < 4.78 is 24.1. The zero-order valence-electron chi connectivity index (χ0n) is 10.9. The molecule has 0 aromatic heterocycles. The van der Waals surface area contributed by atoms with Crippen molar-refractivity contribution in [3.8, 4) is 11.5 Å². The summed E-state index contributed by atoms with van der Waals surface area (Å²) in [6.45, 7) is 0. The average Bonchev–Trinajstić information content (AvgIpc) is 2.48. The van der Waals surface area contributed by atoms with Crippen molar-refractivity contribution in [3.05, 3.63) is 57.8 Å². The molecule has 0 bridgehead atoms. The molecule has 20 heavy (non-hydrogen) atoms. The number of methoxy groups -OCH3 is 2. The van der Waals surface area contributed by atoms with Crippen LogP contribution in [0, 0.1) is 5.82 Å². The van der Waals surface area contributed by atoms with E-state index in [1.165, 1.54) is 26.4 Å². The van der Waals surface area contributed by atoms with Crippen LogP contribution in [0.25, 0.3) is 0 Å². The Bertz CT molecular complexity index is 656. The molecule has 0 heterocycles. The number of halogens is 2. The van der Waals surface area contributed by atoms with Gasteiger partial charge in [0.2, 0.25) is 0 Å². The van der Waals surface area contributed by atoms with Crippen molar-refractivity contribution < 1.29 is 18.7 Å². The number of hydrogen-bond donors (Lipinski definition) is 0. The minimum Gasteiger partial charge on any atom is -0.493 e. The molecule has 0 fully saturated rings. The van der Waals surface area contributed by atoms with Crippen molar-refractivity contribution in [1.82, 2.24) is 0 Å². The third-order valence-corrected chi connectivity index (χ3v) is 3.47. The van der Waals surface area contributed by atoms with Crippen LogP contribution >= 0.6 is 15.9 Å². The second-order valence-electron chi connectivity index (χ2n) is 4.03. The second kappa shape index (κ2) is 6.05. The second-order valence-corrected chi connectivity index (χ2v) is 4.88. The normalized spacial score (nSPS) is 10.2. The van der Waals surface area contributed by atoms with Crippen molar-refractivity contribution in [3.63, 3.8) is 0 Å². The van der Waals surface area contributed by atoms with Gasteiger partial charge in [-0.3, -0.25) is 4.79 Å². The lowest BCUT2D eigenvalue weighted by Crippen LogP contribution is -2.03. The SMILES string of the molecule is COc1ccc(C(=O)c2ccc(Br)c(F)c2)cc1OC.